The summed E-state index contributed by atoms with van der Waals surface area (Å²) in [5.41, 5.74) is 8.51. The van der Waals surface area contributed by atoms with Crippen molar-refractivity contribution in [3.63, 3.8) is 0 Å². The molecule has 1 heterocycles. The average Bonchev–Trinajstić information content (AvgIpc) is 2.80. The number of nitrogens with zero attached hydrogens (tertiary/aromatic N) is 4. The third-order valence-corrected chi connectivity index (χ3v) is 3.79. The minimum absolute atomic E-state index is 0.0456. The first kappa shape index (κ1) is 13.7. The van der Waals surface area contributed by atoms with Crippen molar-refractivity contribution in [3.8, 4) is 11.4 Å². The van der Waals surface area contributed by atoms with Gasteiger partial charge in [-0.3, -0.25) is 4.21 Å². The van der Waals surface area contributed by atoms with Crippen LogP contribution in [0.2, 0.25) is 0 Å². The SMILES string of the molecule is Cc1ccc(N)c(-c2nnnn2C(C)CS(C)=O)c1. The van der Waals surface area contributed by atoms with Crippen LogP contribution in [-0.4, -0.2) is 36.4 Å². The number of hydrogen-bond acceptors (Lipinski definition) is 5. The minimum atomic E-state index is -0.902. The summed E-state index contributed by atoms with van der Waals surface area (Å²) in [5.74, 6) is 1.11. The molecule has 2 rings (SSSR count). The van der Waals surface area contributed by atoms with E-state index < -0.39 is 10.8 Å². The molecule has 0 saturated heterocycles. The molecule has 6 nitrogen and oxygen atoms in total. The third-order valence-electron chi connectivity index (χ3n) is 2.84. The molecule has 19 heavy (non-hydrogen) atoms. The van der Waals surface area contributed by atoms with E-state index >= 15 is 0 Å². The highest BCUT2D eigenvalue weighted by Crippen LogP contribution is 2.26. The number of nitrogens with two attached hydrogens (primary N) is 1. The highest BCUT2D eigenvalue weighted by atomic mass is 32.2. The molecule has 0 spiro atoms. The normalized spacial score (nSPS) is 14.3. The minimum Gasteiger partial charge on any atom is -0.398 e. The van der Waals surface area contributed by atoms with E-state index in [0.717, 1.165) is 11.1 Å². The topological polar surface area (TPSA) is 86.7 Å². The second-order valence-electron chi connectivity index (χ2n) is 4.63. The van der Waals surface area contributed by atoms with Crippen LogP contribution in [0.3, 0.4) is 0 Å². The van der Waals surface area contributed by atoms with Crippen molar-refractivity contribution in [1.82, 2.24) is 20.2 Å². The number of nitrogen functional groups attached to an aromatic ring is 1. The summed E-state index contributed by atoms with van der Waals surface area (Å²) < 4.78 is 13.0. The van der Waals surface area contributed by atoms with Gasteiger partial charge in [-0.25, -0.2) is 4.68 Å². The Bertz CT molecular complexity index is 610. The molecule has 2 aromatic rings. The van der Waals surface area contributed by atoms with Crippen LogP contribution in [0.15, 0.2) is 18.2 Å². The highest BCUT2D eigenvalue weighted by molar-refractivity contribution is 7.84. The molecule has 0 amide bonds. The number of aromatic nitrogens is 4. The second kappa shape index (κ2) is 5.48. The third kappa shape index (κ3) is 2.98. The van der Waals surface area contributed by atoms with E-state index in [1.165, 1.54) is 0 Å². The van der Waals surface area contributed by atoms with Gasteiger partial charge in [0.25, 0.3) is 0 Å². The fourth-order valence-electron chi connectivity index (χ4n) is 1.94. The van der Waals surface area contributed by atoms with Gasteiger partial charge in [0.2, 0.25) is 0 Å². The van der Waals surface area contributed by atoms with Gasteiger partial charge in [-0.1, -0.05) is 11.6 Å². The van der Waals surface area contributed by atoms with Crippen molar-refractivity contribution in [3.05, 3.63) is 23.8 Å². The van der Waals surface area contributed by atoms with Gasteiger partial charge < -0.3 is 5.73 Å². The lowest BCUT2D eigenvalue weighted by atomic mass is 10.1. The molecule has 0 bridgehead atoms. The molecular formula is C12H17N5OS. The summed E-state index contributed by atoms with van der Waals surface area (Å²) in [5, 5.41) is 11.7. The van der Waals surface area contributed by atoms with E-state index in [0.29, 0.717) is 17.3 Å². The van der Waals surface area contributed by atoms with Crippen LogP contribution in [0, 0.1) is 6.92 Å². The lowest BCUT2D eigenvalue weighted by Gasteiger charge is -2.13. The Morgan fingerprint density at radius 2 is 2.21 bits per heavy atom. The summed E-state index contributed by atoms with van der Waals surface area (Å²) in [6.07, 6.45) is 1.67. The summed E-state index contributed by atoms with van der Waals surface area (Å²) in [6, 6.07) is 5.69. The van der Waals surface area contributed by atoms with Crippen LogP contribution in [0.1, 0.15) is 18.5 Å². The highest BCUT2D eigenvalue weighted by Gasteiger charge is 2.17. The van der Waals surface area contributed by atoms with Gasteiger partial charge in [-0.2, -0.15) is 0 Å². The molecule has 7 heteroatoms. The number of benzene rings is 1. The van der Waals surface area contributed by atoms with Crippen molar-refractivity contribution in [2.75, 3.05) is 17.7 Å². The van der Waals surface area contributed by atoms with Crippen LogP contribution >= 0.6 is 0 Å². The van der Waals surface area contributed by atoms with Crippen LogP contribution < -0.4 is 5.73 Å². The first-order chi connectivity index (χ1) is 8.99. The Morgan fingerprint density at radius 1 is 1.47 bits per heavy atom. The smallest absolute Gasteiger partial charge is 0.184 e. The quantitative estimate of drug-likeness (QED) is 0.849. The van der Waals surface area contributed by atoms with Gasteiger partial charge in [0.05, 0.1) is 6.04 Å². The lowest BCUT2D eigenvalue weighted by Crippen LogP contribution is -2.16. The molecule has 102 valence electrons. The maximum Gasteiger partial charge on any atom is 0.184 e. The van der Waals surface area contributed by atoms with Crippen molar-refractivity contribution >= 4 is 16.5 Å². The van der Waals surface area contributed by atoms with E-state index in [-0.39, 0.29) is 6.04 Å². The van der Waals surface area contributed by atoms with E-state index in [4.69, 9.17) is 5.73 Å². The predicted molar refractivity (Wildman–Crippen MR) is 76.0 cm³/mol. The Kier molecular flexibility index (Phi) is 3.94. The zero-order valence-corrected chi connectivity index (χ0v) is 12.0. The van der Waals surface area contributed by atoms with Gasteiger partial charge in [0, 0.05) is 34.1 Å². The van der Waals surface area contributed by atoms with Gasteiger partial charge in [0.1, 0.15) is 0 Å². The van der Waals surface area contributed by atoms with Crippen molar-refractivity contribution in [1.29, 1.82) is 0 Å². The monoisotopic (exact) mass is 279 g/mol. The number of anilines is 1. The van der Waals surface area contributed by atoms with Crippen LogP contribution in [0.5, 0.6) is 0 Å². The summed E-state index contributed by atoms with van der Waals surface area (Å²) in [6.45, 7) is 3.93. The summed E-state index contributed by atoms with van der Waals surface area (Å²) in [4.78, 5) is 0. The van der Waals surface area contributed by atoms with Crippen molar-refractivity contribution in [2.45, 2.75) is 19.9 Å². The fourth-order valence-corrected chi connectivity index (χ4v) is 2.76. The fraction of sp³-hybridized carbons (Fsp3) is 0.417. The first-order valence-corrected chi connectivity index (χ1v) is 7.66. The zero-order valence-electron chi connectivity index (χ0n) is 11.2. The lowest BCUT2D eigenvalue weighted by molar-refractivity contribution is 0.521. The van der Waals surface area contributed by atoms with E-state index in [1.54, 1.807) is 10.9 Å². The maximum absolute atomic E-state index is 11.3. The summed E-state index contributed by atoms with van der Waals surface area (Å²) in [7, 11) is -0.902. The first-order valence-electron chi connectivity index (χ1n) is 5.93. The Morgan fingerprint density at radius 3 is 2.89 bits per heavy atom. The molecule has 0 saturated carbocycles. The van der Waals surface area contributed by atoms with Gasteiger partial charge in [-0.05, 0) is 36.4 Å². The van der Waals surface area contributed by atoms with Crippen LogP contribution in [-0.2, 0) is 10.8 Å². The Hall–Kier alpha value is -1.76. The molecule has 0 aliphatic rings. The maximum atomic E-state index is 11.3. The molecule has 2 unspecified atom stereocenters. The van der Waals surface area contributed by atoms with Crippen molar-refractivity contribution < 1.29 is 4.21 Å². The zero-order chi connectivity index (χ0) is 14.0. The molecule has 1 aromatic heterocycles. The Balaban J connectivity index is 2.44. The molecule has 2 atom stereocenters. The van der Waals surface area contributed by atoms with E-state index in [1.807, 2.05) is 32.0 Å². The molecule has 0 aliphatic heterocycles. The number of tetrazole rings is 1. The molecule has 0 radical (unpaired) electrons. The number of hydrogen-bond donors (Lipinski definition) is 1. The largest absolute Gasteiger partial charge is 0.398 e. The molecule has 1 aromatic carbocycles. The molecule has 0 aliphatic carbocycles. The Labute approximate surface area is 114 Å². The molecule has 0 fully saturated rings. The van der Waals surface area contributed by atoms with Gasteiger partial charge in [0.15, 0.2) is 5.82 Å². The predicted octanol–water partition coefficient (Wildman–Crippen LogP) is 1.17. The number of rotatable bonds is 4. The standard InChI is InChI=1S/C12H17N5OS/c1-8-4-5-11(13)10(6-8)12-14-15-16-17(12)9(2)7-19(3)18/h4-6,9H,7,13H2,1-3H3. The van der Waals surface area contributed by atoms with E-state index in [2.05, 4.69) is 15.5 Å². The molecular weight excluding hydrogens is 262 g/mol. The number of aryl methyl sites for hydroxylation is 1. The van der Waals surface area contributed by atoms with Crippen LogP contribution in [0.4, 0.5) is 5.69 Å². The van der Waals surface area contributed by atoms with Gasteiger partial charge >= 0.3 is 0 Å². The van der Waals surface area contributed by atoms with Gasteiger partial charge in [-0.15, -0.1) is 5.10 Å². The molecule has 2 N–H and O–H groups in total. The van der Waals surface area contributed by atoms with E-state index in [9.17, 15) is 4.21 Å². The second-order valence-corrected chi connectivity index (χ2v) is 6.11. The van der Waals surface area contributed by atoms with Crippen molar-refractivity contribution in [2.24, 2.45) is 0 Å². The van der Waals surface area contributed by atoms with Crippen LogP contribution in [0.25, 0.3) is 11.4 Å². The summed E-state index contributed by atoms with van der Waals surface area (Å²) >= 11 is 0. The average molecular weight is 279 g/mol.